The molecule has 6 aromatic carbocycles. The summed E-state index contributed by atoms with van der Waals surface area (Å²) >= 11 is 0. The van der Waals surface area contributed by atoms with Crippen LogP contribution in [0.15, 0.2) is 207 Å². The Morgan fingerprint density at radius 1 is 0.224 bits per heavy atom. The van der Waals surface area contributed by atoms with Crippen molar-refractivity contribution in [2.75, 3.05) is 0 Å². The monoisotopic (exact) mass is 742 g/mol. The first kappa shape index (κ1) is 34.5. The average Bonchev–Trinajstić information content (AvgIpc) is 3.32. The molecule has 4 aromatic heterocycles. The van der Waals surface area contributed by atoms with E-state index in [9.17, 15) is 0 Å². The number of rotatable bonds is 8. The lowest BCUT2D eigenvalue weighted by atomic mass is 9.96. The van der Waals surface area contributed by atoms with Gasteiger partial charge in [-0.1, -0.05) is 133 Å². The van der Waals surface area contributed by atoms with Gasteiger partial charge in [0.25, 0.3) is 0 Å². The SMILES string of the molecule is c1ccc(-c2cc(-c3ccc(-c4ccc5ccc(-c6ccc(-c7cc(-c8ccccc8)nc(-c8ccncc8)n7)cc6)cc5c4)cc3)nc(-c3ccncc3)n2)cc1. The summed E-state index contributed by atoms with van der Waals surface area (Å²) in [6.07, 6.45) is 7.09. The number of nitrogens with zero attached hydrogens (tertiary/aromatic N) is 6. The highest BCUT2D eigenvalue weighted by molar-refractivity contribution is 5.91. The number of aromatic nitrogens is 6. The van der Waals surface area contributed by atoms with E-state index in [-0.39, 0.29) is 0 Å². The van der Waals surface area contributed by atoms with Crippen LogP contribution in [-0.2, 0) is 0 Å². The number of benzene rings is 6. The molecule has 6 nitrogen and oxygen atoms in total. The highest BCUT2D eigenvalue weighted by atomic mass is 14.9. The van der Waals surface area contributed by atoms with Crippen molar-refractivity contribution in [1.82, 2.24) is 29.9 Å². The van der Waals surface area contributed by atoms with Crippen LogP contribution in [0.25, 0.3) is 101 Å². The molecule has 0 fully saturated rings. The summed E-state index contributed by atoms with van der Waals surface area (Å²) in [6.45, 7) is 0. The van der Waals surface area contributed by atoms with Crippen molar-refractivity contribution in [3.63, 3.8) is 0 Å². The van der Waals surface area contributed by atoms with Gasteiger partial charge >= 0.3 is 0 Å². The molecule has 0 radical (unpaired) electrons. The van der Waals surface area contributed by atoms with Crippen LogP contribution < -0.4 is 0 Å². The lowest BCUT2D eigenvalue weighted by molar-refractivity contribution is 1.17. The molecule has 0 bridgehead atoms. The van der Waals surface area contributed by atoms with Crippen LogP contribution in [0.3, 0.4) is 0 Å². The van der Waals surface area contributed by atoms with Crippen molar-refractivity contribution in [3.8, 4) is 90.1 Å². The van der Waals surface area contributed by atoms with Crippen LogP contribution >= 0.6 is 0 Å². The van der Waals surface area contributed by atoms with E-state index in [1.807, 2.05) is 60.7 Å². The minimum absolute atomic E-state index is 0.671. The lowest BCUT2D eigenvalue weighted by Gasteiger charge is -2.11. The second kappa shape index (κ2) is 15.3. The Labute approximate surface area is 336 Å². The third kappa shape index (κ3) is 7.14. The molecule has 0 spiro atoms. The minimum atomic E-state index is 0.671. The second-order valence-corrected chi connectivity index (χ2v) is 14.1. The molecule has 10 aromatic rings. The number of pyridine rings is 2. The van der Waals surface area contributed by atoms with Crippen LogP contribution in [0.4, 0.5) is 0 Å². The van der Waals surface area contributed by atoms with Crippen molar-refractivity contribution < 1.29 is 0 Å². The normalized spacial score (nSPS) is 11.1. The van der Waals surface area contributed by atoms with E-state index < -0.39 is 0 Å². The maximum atomic E-state index is 4.99. The van der Waals surface area contributed by atoms with Gasteiger partial charge in [-0.2, -0.15) is 0 Å². The van der Waals surface area contributed by atoms with Gasteiger partial charge in [0.2, 0.25) is 0 Å². The van der Waals surface area contributed by atoms with E-state index in [1.165, 1.54) is 10.8 Å². The molecule has 0 aliphatic carbocycles. The summed E-state index contributed by atoms with van der Waals surface area (Å²) in [7, 11) is 0. The molecule has 0 saturated heterocycles. The predicted molar refractivity (Wildman–Crippen MR) is 234 cm³/mol. The molecule has 10 rings (SSSR count). The molecule has 0 unspecified atom stereocenters. The average molecular weight is 743 g/mol. The molecule has 0 atom stereocenters. The standard InChI is InChI=1S/C52H34N6/c1-3-7-38(8-4-1)47-33-49(57-51(55-47)42-23-27-53-28-24-42)40-17-11-35(12-18-40)44-21-15-37-16-22-45(32-46(37)31-44)36-13-19-41(20-14-36)50-34-48(39-9-5-2-6-10-39)56-52(58-50)43-25-29-54-30-26-43/h1-34H. The van der Waals surface area contributed by atoms with E-state index in [2.05, 4.69) is 131 Å². The van der Waals surface area contributed by atoms with E-state index >= 15 is 0 Å². The first-order chi connectivity index (χ1) is 28.7. The van der Waals surface area contributed by atoms with Crippen molar-refractivity contribution in [2.24, 2.45) is 0 Å². The number of fused-ring (bicyclic) bond motifs is 1. The number of hydrogen-bond donors (Lipinski definition) is 0. The van der Waals surface area contributed by atoms with Crippen LogP contribution in [0.2, 0.25) is 0 Å². The fourth-order valence-electron chi connectivity index (χ4n) is 7.24. The fourth-order valence-corrected chi connectivity index (χ4v) is 7.24. The van der Waals surface area contributed by atoms with Crippen LogP contribution in [0.1, 0.15) is 0 Å². The van der Waals surface area contributed by atoms with Crippen molar-refractivity contribution in [3.05, 3.63) is 207 Å². The van der Waals surface area contributed by atoms with E-state index in [1.54, 1.807) is 24.8 Å². The molecule has 0 amide bonds. The van der Waals surface area contributed by atoms with Gasteiger partial charge in [0, 0.05) is 58.2 Å². The summed E-state index contributed by atoms with van der Waals surface area (Å²) < 4.78 is 0. The maximum absolute atomic E-state index is 4.99. The summed E-state index contributed by atoms with van der Waals surface area (Å²) in [6, 6.07) is 63.0. The molecular formula is C52H34N6. The van der Waals surface area contributed by atoms with Crippen molar-refractivity contribution >= 4 is 10.8 Å². The summed E-state index contributed by atoms with van der Waals surface area (Å²) in [4.78, 5) is 28.2. The minimum Gasteiger partial charge on any atom is -0.265 e. The Kier molecular flexibility index (Phi) is 9.10. The largest absolute Gasteiger partial charge is 0.265 e. The van der Waals surface area contributed by atoms with Gasteiger partial charge in [0.1, 0.15) is 0 Å². The summed E-state index contributed by atoms with van der Waals surface area (Å²) in [5, 5.41) is 2.37. The second-order valence-electron chi connectivity index (χ2n) is 14.1. The van der Waals surface area contributed by atoms with Crippen LogP contribution in [-0.4, -0.2) is 29.9 Å². The van der Waals surface area contributed by atoms with Gasteiger partial charge in [0.05, 0.1) is 22.8 Å². The van der Waals surface area contributed by atoms with E-state index in [0.29, 0.717) is 11.6 Å². The lowest BCUT2D eigenvalue weighted by Crippen LogP contribution is -1.96. The fraction of sp³-hybridized carbons (Fsp3) is 0. The first-order valence-corrected chi connectivity index (χ1v) is 19.2. The summed E-state index contributed by atoms with van der Waals surface area (Å²) in [5.41, 5.74) is 14.1. The van der Waals surface area contributed by atoms with Crippen LogP contribution in [0, 0.1) is 0 Å². The Hall–Kier alpha value is -7.96. The Bertz CT molecular complexity index is 2690. The quantitative estimate of drug-likeness (QED) is 0.154. The van der Waals surface area contributed by atoms with Gasteiger partial charge in [0.15, 0.2) is 11.6 Å². The van der Waals surface area contributed by atoms with Gasteiger partial charge in [-0.15, -0.1) is 0 Å². The topological polar surface area (TPSA) is 77.3 Å². The van der Waals surface area contributed by atoms with Gasteiger partial charge in [-0.3, -0.25) is 9.97 Å². The zero-order valence-corrected chi connectivity index (χ0v) is 31.3. The molecule has 4 heterocycles. The highest BCUT2D eigenvalue weighted by Crippen LogP contribution is 2.33. The Balaban J connectivity index is 0.941. The van der Waals surface area contributed by atoms with Crippen LogP contribution in [0.5, 0.6) is 0 Å². The molecule has 6 heteroatoms. The van der Waals surface area contributed by atoms with Crippen molar-refractivity contribution in [1.29, 1.82) is 0 Å². The van der Waals surface area contributed by atoms with E-state index in [4.69, 9.17) is 19.9 Å². The molecule has 0 aliphatic rings. The maximum Gasteiger partial charge on any atom is 0.160 e. The molecule has 0 aliphatic heterocycles. The van der Waals surface area contributed by atoms with Crippen molar-refractivity contribution in [2.45, 2.75) is 0 Å². The molecule has 58 heavy (non-hydrogen) atoms. The summed E-state index contributed by atoms with van der Waals surface area (Å²) in [5.74, 6) is 1.34. The molecule has 272 valence electrons. The highest BCUT2D eigenvalue weighted by Gasteiger charge is 2.13. The first-order valence-electron chi connectivity index (χ1n) is 19.2. The molecule has 0 N–H and O–H groups in total. The predicted octanol–water partition coefficient (Wildman–Crippen LogP) is 12.5. The smallest absolute Gasteiger partial charge is 0.160 e. The molecule has 0 saturated carbocycles. The van der Waals surface area contributed by atoms with Gasteiger partial charge in [-0.25, -0.2) is 19.9 Å². The zero-order chi connectivity index (χ0) is 38.7. The number of hydrogen-bond acceptors (Lipinski definition) is 6. The third-order valence-corrected chi connectivity index (χ3v) is 10.3. The zero-order valence-electron chi connectivity index (χ0n) is 31.3. The van der Waals surface area contributed by atoms with E-state index in [0.717, 1.165) is 78.4 Å². The van der Waals surface area contributed by atoms with Gasteiger partial charge in [-0.05, 0) is 81.6 Å². The van der Waals surface area contributed by atoms with Gasteiger partial charge < -0.3 is 0 Å². The third-order valence-electron chi connectivity index (χ3n) is 10.3. The Morgan fingerprint density at radius 2 is 0.552 bits per heavy atom. The molecular weight excluding hydrogens is 709 g/mol. The Morgan fingerprint density at radius 3 is 0.931 bits per heavy atom.